The van der Waals surface area contributed by atoms with Crippen LogP contribution in [0.2, 0.25) is 0 Å². The van der Waals surface area contributed by atoms with Crippen molar-refractivity contribution < 1.29 is 13.9 Å². The van der Waals surface area contributed by atoms with E-state index in [-0.39, 0.29) is 18.3 Å². The Morgan fingerprint density at radius 3 is 2.83 bits per heavy atom. The van der Waals surface area contributed by atoms with Crippen LogP contribution >= 0.6 is 0 Å². The fourth-order valence-corrected chi connectivity index (χ4v) is 1.54. The minimum atomic E-state index is -0.615. The van der Waals surface area contributed by atoms with E-state index in [0.29, 0.717) is 5.56 Å². The van der Waals surface area contributed by atoms with Gasteiger partial charge in [0.2, 0.25) is 0 Å². The van der Waals surface area contributed by atoms with Crippen LogP contribution in [0.1, 0.15) is 17.5 Å². The average molecular weight is 249 g/mol. The zero-order chi connectivity index (χ0) is 13.1. The molecule has 1 aromatic carbocycles. The van der Waals surface area contributed by atoms with Crippen molar-refractivity contribution in [3.8, 4) is 11.4 Å². The molecule has 5 nitrogen and oxygen atoms in total. The summed E-state index contributed by atoms with van der Waals surface area (Å²) in [5.41, 5.74) is 0.294. The third-order valence-corrected chi connectivity index (χ3v) is 2.34. The summed E-state index contributed by atoms with van der Waals surface area (Å²) in [5.74, 6) is -0.812. The van der Waals surface area contributed by atoms with E-state index >= 15 is 0 Å². The van der Waals surface area contributed by atoms with Crippen LogP contribution in [0, 0.1) is 5.82 Å². The molecule has 0 radical (unpaired) electrons. The van der Waals surface area contributed by atoms with Gasteiger partial charge in [0.15, 0.2) is 5.82 Å². The second kappa shape index (κ2) is 4.95. The van der Waals surface area contributed by atoms with Gasteiger partial charge in [0.05, 0.1) is 12.2 Å². The molecule has 0 N–H and O–H groups in total. The minimum absolute atomic E-state index is 0.0717. The Kier molecular flexibility index (Phi) is 3.36. The first kappa shape index (κ1) is 12.2. The molecule has 0 spiro atoms. The lowest BCUT2D eigenvalue weighted by atomic mass is 10.2. The van der Waals surface area contributed by atoms with Crippen LogP contribution in [-0.4, -0.2) is 27.3 Å². The van der Waals surface area contributed by atoms with E-state index in [9.17, 15) is 9.18 Å². The Hall–Kier alpha value is -2.24. The number of halogens is 1. The topological polar surface area (TPSA) is 57.0 Å². The summed E-state index contributed by atoms with van der Waals surface area (Å²) < 4.78 is 19.8. The number of aryl methyl sites for hydroxylation is 1. The number of benzene rings is 1. The molecule has 0 fully saturated rings. The average Bonchev–Trinajstić information content (AvgIpc) is 2.72. The van der Waals surface area contributed by atoms with Crippen molar-refractivity contribution in [2.75, 3.05) is 6.61 Å². The van der Waals surface area contributed by atoms with Crippen LogP contribution < -0.4 is 0 Å². The summed E-state index contributed by atoms with van der Waals surface area (Å²) in [7, 11) is 1.59. The molecular formula is C12H12FN3O2. The first-order valence-electron chi connectivity index (χ1n) is 5.46. The van der Waals surface area contributed by atoms with Crippen molar-refractivity contribution in [3.63, 3.8) is 0 Å². The maximum absolute atomic E-state index is 13.6. The summed E-state index contributed by atoms with van der Waals surface area (Å²) in [4.78, 5) is 15.5. The molecule has 0 bridgehead atoms. The molecule has 6 heteroatoms. The summed E-state index contributed by atoms with van der Waals surface area (Å²) in [6.45, 7) is 1.94. The molecule has 0 atom stereocenters. The predicted octanol–water partition coefficient (Wildman–Crippen LogP) is 1.80. The SMILES string of the molecule is CCOC(=O)c1nc(-c2ccccc2F)n(C)n1. The summed E-state index contributed by atoms with van der Waals surface area (Å²) in [5, 5.41) is 3.91. The van der Waals surface area contributed by atoms with Crippen molar-refractivity contribution in [1.82, 2.24) is 14.8 Å². The molecule has 0 amide bonds. The third kappa shape index (κ3) is 2.22. The molecule has 18 heavy (non-hydrogen) atoms. The number of carbonyl (C=O) groups is 1. The first-order chi connectivity index (χ1) is 8.63. The van der Waals surface area contributed by atoms with Crippen LogP contribution in [0.4, 0.5) is 4.39 Å². The highest BCUT2D eigenvalue weighted by molar-refractivity contribution is 5.85. The molecule has 0 aliphatic heterocycles. The van der Waals surface area contributed by atoms with Gasteiger partial charge in [0, 0.05) is 7.05 Å². The second-order valence-electron chi connectivity index (χ2n) is 3.58. The van der Waals surface area contributed by atoms with Crippen LogP contribution in [0.5, 0.6) is 0 Å². The van der Waals surface area contributed by atoms with E-state index in [4.69, 9.17) is 4.74 Å². The van der Waals surface area contributed by atoms with Gasteiger partial charge in [-0.1, -0.05) is 12.1 Å². The number of ether oxygens (including phenoxy) is 1. The number of esters is 1. The van der Waals surface area contributed by atoms with Gasteiger partial charge < -0.3 is 4.74 Å². The minimum Gasteiger partial charge on any atom is -0.460 e. The highest BCUT2D eigenvalue weighted by atomic mass is 19.1. The molecule has 0 aliphatic carbocycles. The Bertz CT molecular complexity index is 580. The Morgan fingerprint density at radius 2 is 2.17 bits per heavy atom. The molecule has 0 aliphatic rings. The van der Waals surface area contributed by atoms with Crippen molar-refractivity contribution in [3.05, 3.63) is 35.9 Å². The maximum atomic E-state index is 13.6. The van der Waals surface area contributed by atoms with Crippen LogP contribution in [-0.2, 0) is 11.8 Å². The van der Waals surface area contributed by atoms with E-state index < -0.39 is 11.8 Å². The normalized spacial score (nSPS) is 10.4. The third-order valence-electron chi connectivity index (χ3n) is 2.34. The molecule has 0 saturated carbocycles. The summed E-state index contributed by atoms with van der Waals surface area (Å²) >= 11 is 0. The van der Waals surface area contributed by atoms with Gasteiger partial charge in [0.25, 0.3) is 5.82 Å². The van der Waals surface area contributed by atoms with E-state index in [1.807, 2.05) is 0 Å². The number of hydrogen-bond acceptors (Lipinski definition) is 4. The smallest absolute Gasteiger partial charge is 0.378 e. The Balaban J connectivity index is 2.42. The zero-order valence-electron chi connectivity index (χ0n) is 10.1. The van der Waals surface area contributed by atoms with E-state index in [1.54, 1.807) is 32.2 Å². The molecule has 2 aromatic rings. The highest BCUT2D eigenvalue weighted by Gasteiger charge is 2.18. The van der Waals surface area contributed by atoms with Gasteiger partial charge in [-0.05, 0) is 19.1 Å². The molecule has 94 valence electrons. The molecule has 2 rings (SSSR count). The van der Waals surface area contributed by atoms with E-state index in [0.717, 1.165) is 0 Å². The first-order valence-corrected chi connectivity index (χ1v) is 5.46. The summed E-state index contributed by atoms with van der Waals surface area (Å²) in [6, 6.07) is 6.18. The Morgan fingerprint density at radius 1 is 1.44 bits per heavy atom. The van der Waals surface area contributed by atoms with Gasteiger partial charge in [-0.2, -0.15) is 0 Å². The van der Waals surface area contributed by atoms with E-state index in [1.165, 1.54) is 10.7 Å². The molecule has 1 aromatic heterocycles. The molecule has 0 saturated heterocycles. The number of aromatic nitrogens is 3. The molecule has 1 heterocycles. The lowest BCUT2D eigenvalue weighted by Crippen LogP contribution is -2.07. The van der Waals surface area contributed by atoms with Crippen molar-refractivity contribution in [1.29, 1.82) is 0 Å². The van der Waals surface area contributed by atoms with Gasteiger partial charge in [-0.25, -0.2) is 18.9 Å². The van der Waals surface area contributed by atoms with Crippen LogP contribution in [0.3, 0.4) is 0 Å². The van der Waals surface area contributed by atoms with E-state index in [2.05, 4.69) is 10.1 Å². The maximum Gasteiger partial charge on any atom is 0.378 e. The fourth-order valence-electron chi connectivity index (χ4n) is 1.54. The van der Waals surface area contributed by atoms with Gasteiger partial charge in [-0.15, -0.1) is 5.10 Å². The number of carbonyl (C=O) groups excluding carboxylic acids is 1. The quantitative estimate of drug-likeness (QED) is 0.778. The van der Waals surface area contributed by atoms with Gasteiger partial charge in [-0.3, -0.25) is 0 Å². The fraction of sp³-hybridized carbons (Fsp3) is 0.250. The Labute approximate surface area is 103 Å². The number of rotatable bonds is 3. The van der Waals surface area contributed by atoms with Crippen molar-refractivity contribution in [2.24, 2.45) is 7.05 Å². The monoisotopic (exact) mass is 249 g/mol. The van der Waals surface area contributed by atoms with Crippen molar-refractivity contribution in [2.45, 2.75) is 6.92 Å². The summed E-state index contributed by atoms with van der Waals surface area (Å²) in [6.07, 6.45) is 0. The van der Waals surface area contributed by atoms with Crippen molar-refractivity contribution >= 4 is 5.97 Å². The van der Waals surface area contributed by atoms with Gasteiger partial charge in [0.1, 0.15) is 5.82 Å². The molecular weight excluding hydrogens is 237 g/mol. The highest BCUT2D eigenvalue weighted by Crippen LogP contribution is 2.20. The van der Waals surface area contributed by atoms with Crippen LogP contribution in [0.15, 0.2) is 24.3 Å². The lowest BCUT2D eigenvalue weighted by molar-refractivity contribution is 0.0512. The largest absolute Gasteiger partial charge is 0.460 e. The molecule has 0 unspecified atom stereocenters. The lowest BCUT2D eigenvalue weighted by Gasteiger charge is -2.00. The number of nitrogens with zero attached hydrogens (tertiary/aromatic N) is 3. The predicted molar refractivity (Wildman–Crippen MR) is 62.4 cm³/mol. The number of hydrogen-bond donors (Lipinski definition) is 0. The zero-order valence-corrected chi connectivity index (χ0v) is 10.1. The van der Waals surface area contributed by atoms with Crippen LogP contribution in [0.25, 0.3) is 11.4 Å². The van der Waals surface area contributed by atoms with Gasteiger partial charge >= 0.3 is 5.97 Å². The standard InChI is InChI=1S/C12H12FN3O2/c1-3-18-12(17)10-14-11(16(2)15-10)8-6-4-5-7-9(8)13/h4-7H,3H2,1-2H3. The second-order valence-corrected chi connectivity index (χ2v) is 3.58.